The van der Waals surface area contributed by atoms with Crippen molar-refractivity contribution in [1.29, 1.82) is 0 Å². The van der Waals surface area contributed by atoms with Gasteiger partial charge in [0.25, 0.3) is 11.5 Å². The summed E-state index contributed by atoms with van der Waals surface area (Å²) in [6.45, 7) is 1.69. The highest BCUT2D eigenvalue weighted by Crippen LogP contribution is 2.28. The molecule has 2 heterocycles. The molecular weight excluding hydrogens is 392 g/mol. The lowest BCUT2D eigenvalue weighted by atomic mass is 10.1. The van der Waals surface area contributed by atoms with Gasteiger partial charge < -0.3 is 10.4 Å². The number of nitrogens with one attached hydrogen (secondary N) is 1. The highest BCUT2D eigenvalue weighted by Gasteiger charge is 2.24. The van der Waals surface area contributed by atoms with Crippen LogP contribution in [0.1, 0.15) is 15.9 Å². The number of hydrogen-bond acceptors (Lipinski definition) is 4. The lowest BCUT2D eigenvalue weighted by molar-refractivity contribution is 0.102. The molecule has 0 aliphatic carbocycles. The van der Waals surface area contributed by atoms with Gasteiger partial charge in [-0.15, -0.1) is 0 Å². The summed E-state index contributed by atoms with van der Waals surface area (Å²) in [4.78, 5) is 30.1. The van der Waals surface area contributed by atoms with Crippen molar-refractivity contribution in [2.24, 2.45) is 0 Å². The third-order valence-corrected chi connectivity index (χ3v) is 4.57. The van der Waals surface area contributed by atoms with Gasteiger partial charge in [0.05, 0.1) is 16.8 Å². The van der Waals surface area contributed by atoms with Crippen LogP contribution in [-0.4, -0.2) is 20.6 Å². The number of halogens is 2. The number of fused-ring (bicyclic) bond motifs is 1. The number of aromatic hydroxyl groups is 1. The van der Waals surface area contributed by atoms with Crippen molar-refractivity contribution in [3.63, 3.8) is 0 Å². The van der Waals surface area contributed by atoms with Crippen LogP contribution in [0.2, 0.25) is 0 Å². The molecule has 8 heteroatoms. The molecule has 0 aliphatic rings. The van der Waals surface area contributed by atoms with Crippen LogP contribution in [0.4, 0.5) is 14.5 Å². The Balaban J connectivity index is 1.94. The Morgan fingerprint density at radius 3 is 2.63 bits per heavy atom. The van der Waals surface area contributed by atoms with Gasteiger partial charge in [0.1, 0.15) is 22.9 Å². The van der Waals surface area contributed by atoms with Crippen molar-refractivity contribution in [2.45, 2.75) is 6.92 Å². The van der Waals surface area contributed by atoms with Crippen molar-refractivity contribution < 1.29 is 18.7 Å². The highest BCUT2D eigenvalue weighted by atomic mass is 19.1. The Bertz CT molecular complexity index is 1370. The molecule has 2 N–H and O–H groups in total. The zero-order valence-electron chi connectivity index (χ0n) is 15.7. The monoisotopic (exact) mass is 407 g/mol. The van der Waals surface area contributed by atoms with Crippen LogP contribution in [0.25, 0.3) is 16.7 Å². The van der Waals surface area contributed by atoms with Crippen LogP contribution in [0.5, 0.6) is 5.75 Å². The number of amides is 1. The van der Waals surface area contributed by atoms with Gasteiger partial charge in [-0.2, -0.15) is 0 Å². The minimum Gasteiger partial charge on any atom is -0.506 e. The van der Waals surface area contributed by atoms with E-state index in [-0.39, 0.29) is 22.4 Å². The predicted molar refractivity (Wildman–Crippen MR) is 108 cm³/mol. The van der Waals surface area contributed by atoms with E-state index in [2.05, 4.69) is 10.3 Å². The Morgan fingerprint density at radius 2 is 1.90 bits per heavy atom. The number of aryl methyl sites for hydroxylation is 1. The molecule has 0 fully saturated rings. The maximum Gasteiger partial charge on any atom is 0.273 e. The molecule has 6 nitrogen and oxygen atoms in total. The van der Waals surface area contributed by atoms with Crippen LogP contribution in [0.3, 0.4) is 0 Å². The summed E-state index contributed by atoms with van der Waals surface area (Å²) in [5.74, 6) is -2.88. The summed E-state index contributed by atoms with van der Waals surface area (Å²) in [6, 6.07) is 12.3. The predicted octanol–water partition coefficient (Wildman–Crippen LogP) is 3.93. The van der Waals surface area contributed by atoms with Crippen molar-refractivity contribution in [1.82, 2.24) is 9.55 Å². The van der Waals surface area contributed by atoms with Gasteiger partial charge in [0.15, 0.2) is 5.65 Å². The van der Waals surface area contributed by atoms with E-state index in [1.165, 1.54) is 48.7 Å². The zero-order chi connectivity index (χ0) is 21.4. The molecule has 2 aromatic carbocycles. The van der Waals surface area contributed by atoms with Crippen LogP contribution in [0.15, 0.2) is 65.6 Å². The van der Waals surface area contributed by atoms with Gasteiger partial charge in [-0.3, -0.25) is 14.2 Å². The normalized spacial score (nSPS) is 10.9. The molecule has 0 radical (unpaired) electrons. The molecule has 2 aromatic heterocycles. The molecule has 4 aromatic rings. The smallest absolute Gasteiger partial charge is 0.273 e. The Kier molecular flexibility index (Phi) is 4.75. The van der Waals surface area contributed by atoms with Crippen molar-refractivity contribution in [3.8, 4) is 11.4 Å². The molecule has 1 amide bonds. The first-order valence-corrected chi connectivity index (χ1v) is 8.93. The summed E-state index contributed by atoms with van der Waals surface area (Å²) < 4.78 is 29.0. The van der Waals surface area contributed by atoms with Crippen molar-refractivity contribution in [2.75, 3.05) is 5.32 Å². The number of carbonyl (C=O) groups excluding carboxylic acids is 1. The van der Waals surface area contributed by atoms with E-state index < -0.39 is 34.4 Å². The molecule has 0 aliphatic heterocycles. The summed E-state index contributed by atoms with van der Waals surface area (Å²) in [6.07, 6.45) is 1.40. The Morgan fingerprint density at radius 1 is 1.10 bits per heavy atom. The SMILES string of the molecule is Cc1ccc(NC(=O)c2c(O)c3cccnc3n(-c3cccc(F)c3)c2=O)c(F)c1. The molecule has 0 saturated carbocycles. The maximum atomic E-state index is 14.2. The maximum absolute atomic E-state index is 14.2. The molecule has 0 atom stereocenters. The third kappa shape index (κ3) is 3.28. The van der Waals surface area contributed by atoms with Crippen LogP contribution >= 0.6 is 0 Å². The number of benzene rings is 2. The number of nitrogens with zero attached hydrogens (tertiary/aromatic N) is 2. The highest BCUT2D eigenvalue weighted by molar-refractivity contribution is 6.09. The molecule has 0 saturated heterocycles. The van der Waals surface area contributed by atoms with E-state index in [9.17, 15) is 23.5 Å². The van der Waals surface area contributed by atoms with Gasteiger partial charge in [0, 0.05) is 6.20 Å². The number of anilines is 1. The number of carbonyl (C=O) groups is 1. The average molecular weight is 407 g/mol. The number of hydrogen-bond donors (Lipinski definition) is 2. The van der Waals surface area contributed by atoms with Crippen molar-refractivity contribution in [3.05, 3.63) is 93.9 Å². The fourth-order valence-corrected chi connectivity index (χ4v) is 3.17. The number of aromatic nitrogens is 2. The summed E-state index contributed by atoms with van der Waals surface area (Å²) in [7, 11) is 0. The first-order chi connectivity index (χ1) is 14.4. The second kappa shape index (κ2) is 7.40. The van der Waals surface area contributed by atoms with Gasteiger partial charge in [-0.1, -0.05) is 12.1 Å². The van der Waals surface area contributed by atoms with Crippen molar-refractivity contribution >= 4 is 22.6 Å². The van der Waals surface area contributed by atoms with Gasteiger partial charge >= 0.3 is 0 Å². The fourth-order valence-electron chi connectivity index (χ4n) is 3.17. The van der Waals surface area contributed by atoms with Gasteiger partial charge in [-0.25, -0.2) is 13.8 Å². The minimum absolute atomic E-state index is 0.0451. The third-order valence-electron chi connectivity index (χ3n) is 4.57. The average Bonchev–Trinajstić information content (AvgIpc) is 2.70. The molecule has 4 rings (SSSR count). The Hall–Kier alpha value is -4.07. The molecule has 0 spiro atoms. The van der Waals surface area contributed by atoms with Gasteiger partial charge in [0.2, 0.25) is 0 Å². The molecule has 0 bridgehead atoms. The first-order valence-electron chi connectivity index (χ1n) is 8.93. The second-order valence-corrected chi connectivity index (χ2v) is 6.66. The second-order valence-electron chi connectivity index (χ2n) is 6.66. The van der Waals surface area contributed by atoms with E-state index in [0.717, 1.165) is 10.6 Å². The van der Waals surface area contributed by atoms with E-state index in [1.807, 2.05) is 0 Å². The van der Waals surface area contributed by atoms with Crippen LogP contribution in [-0.2, 0) is 0 Å². The first kappa shape index (κ1) is 19.3. The molecule has 30 heavy (non-hydrogen) atoms. The summed E-state index contributed by atoms with van der Waals surface area (Å²) in [5.41, 5.74) is -0.858. The van der Waals surface area contributed by atoms with E-state index >= 15 is 0 Å². The molecular formula is C22H15F2N3O3. The van der Waals surface area contributed by atoms with E-state index in [0.29, 0.717) is 5.56 Å². The van der Waals surface area contributed by atoms with Gasteiger partial charge in [-0.05, 0) is 55.0 Å². The van der Waals surface area contributed by atoms with Crippen LogP contribution in [0, 0.1) is 18.6 Å². The Labute approximate surface area is 169 Å². The summed E-state index contributed by atoms with van der Waals surface area (Å²) >= 11 is 0. The molecule has 150 valence electrons. The lowest BCUT2D eigenvalue weighted by Gasteiger charge is -2.14. The minimum atomic E-state index is -1.00. The van der Waals surface area contributed by atoms with E-state index in [4.69, 9.17) is 0 Å². The standard InChI is InChI=1S/C22H15F2N3O3/c1-12-7-8-17(16(24)10-12)26-21(29)18-19(28)15-6-3-9-25-20(15)27(22(18)30)14-5-2-4-13(23)11-14/h2-11,28H,1H3,(H,26,29). The number of rotatable bonds is 3. The zero-order valence-corrected chi connectivity index (χ0v) is 15.7. The largest absolute Gasteiger partial charge is 0.506 e. The fraction of sp³-hybridized carbons (Fsp3) is 0.0455. The lowest BCUT2D eigenvalue weighted by Crippen LogP contribution is -2.29. The number of pyridine rings is 2. The quantitative estimate of drug-likeness (QED) is 0.539. The topological polar surface area (TPSA) is 84.2 Å². The van der Waals surface area contributed by atoms with Crippen LogP contribution < -0.4 is 10.9 Å². The summed E-state index contributed by atoms with van der Waals surface area (Å²) in [5, 5.41) is 13.1. The molecule has 0 unspecified atom stereocenters. The van der Waals surface area contributed by atoms with E-state index in [1.54, 1.807) is 13.0 Å².